The van der Waals surface area contributed by atoms with Crippen molar-refractivity contribution in [2.75, 3.05) is 0 Å². The lowest BCUT2D eigenvalue weighted by molar-refractivity contribution is 0.670. The highest BCUT2D eigenvalue weighted by molar-refractivity contribution is 6.09. The maximum atomic E-state index is 6.25. The molecule has 150 valence electrons. The van der Waals surface area contributed by atoms with Crippen LogP contribution in [0.1, 0.15) is 0 Å². The summed E-state index contributed by atoms with van der Waals surface area (Å²) in [7, 11) is 0. The Hall–Kier alpha value is -4.44. The summed E-state index contributed by atoms with van der Waals surface area (Å²) in [5.41, 5.74) is 5.84. The Kier molecular flexibility index (Phi) is 3.52. The zero-order valence-corrected chi connectivity index (χ0v) is 17.1. The zero-order valence-electron chi connectivity index (χ0n) is 17.1. The third kappa shape index (κ3) is 2.44. The number of hydrogen-bond donors (Lipinski definition) is 0. The lowest BCUT2D eigenvalue weighted by Crippen LogP contribution is -1.90. The highest BCUT2D eigenvalue weighted by Crippen LogP contribution is 2.36. The minimum absolute atomic E-state index is 0.824. The van der Waals surface area contributed by atoms with Crippen molar-refractivity contribution in [1.29, 1.82) is 0 Å². The SMILES string of the molecule is c1cc(-c2cccc3c2oc2ccccc23)cc(-c2nnc3c4ccccc4ccn23)c1. The highest BCUT2D eigenvalue weighted by atomic mass is 16.3. The lowest BCUT2D eigenvalue weighted by atomic mass is 10.0. The quantitative estimate of drug-likeness (QED) is 0.304. The van der Waals surface area contributed by atoms with Crippen LogP contribution in [0.2, 0.25) is 0 Å². The molecule has 32 heavy (non-hydrogen) atoms. The third-order valence-electron chi connectivity index (χ3n) is 6.14. The molecule has 4 aromatic carbocycles. The predicted molar refractivity (Wildman–Crippen MR) is 129 cm³/mol. The number of nitrogens with zero attached hydrogens (tertiary/aromatic N) is 3. The molecule has 0 unspecified atom stereocenters. The molecule has 0 N–H and O–H groups in total. The van der Waals surface area contributed by atoms with Crippen molar-refractivity contribution in [2.45, 2.75) is 0 Å². The van der Waals surface area contributed by atoms with E-state index in [1.54, 1.807) is 0 Å². The molecule has 3 aromatic heterocycles. The Labute approximate surface area is 183 Å². The molecule has 0 atom stereocenters. The van der Waals surface area contributed by atoms with Crippen molar-refractivity contribution in [2.24, 2.45) is 0 Å². The molecule has 0 aliphatic rings. The molecule has 0 saturated heterocycles. The summed E-state index contributed by atoms with van der Waals surface area (Å²) in [6.07, 6.45) is 2.04. The minimum Gasteiger partial charge on any atom is -0.455 e. The van der Waals surface area contributed by atoms with Gasteiger partial charge < -0.3 is 4.42 Å². The minimum atomic E-state index is 0.824. The van der Waals surface area contributed by atoms with Crippen LogP contribution in [-0.2, 0) is 0 Å². The molecule has 7 aromatic rings. The summed E-state index contributed by atoms with van der Waals surface area (Å²) in [6, 6.07) is 33.3. The number of fused-ring (bicyclic) bond motifs is 6. The molecule has 0 aliphatic heterocycles. The standard InChI is InChI=1S/C28H17N3O/c1-2-10-22-18(7-1)15-16-31-27(29-30-28(22)31)20-9-5-8-19(17-20)21-12-6-13-24-23-11-3-4-14-25(23)32-26(21)24/h1-17H. The van der Waals surface area contributed by atoms with Crippen molar-refractivity contribution in [3.63, 3.8) is 0 Å². The predicted octanol–water partition coefficient (Wildman–Crippen LogP) is 7.12. The number of benzene rings is 4. The average Bonchev–Trinajstić information content (AvgIpc) is 3.46. The first-order valence-electron chi connectivity index (χ1n) is 10.6. The summed E-state index contributed by atoms with van der Waals surface area (Å²) < 4.78 is 8.31. The van der Waals surface area contributed by atoms with Gasteiger partial charge in [0.05, 0.1) is 0 Å². The smallest absolute Gasteiger partial charge is 0.168 e. The van der Waals surface area contributed by atoms with Crippen LogP contribution in [0.15, 0.2) is 108 Å². The number of furan rings is 1. The number of rotatable bonds is 2. The van der Waals surface area contributed by atoms with E-state index in [-0.39, 0.29) is 0 Å². The Morgan fingerprint density at radius 3 is 2.38 bits per heavy atom. The monoisotopic (exact) mass is 411 g/mol. The average molecular weight is 411 g/mol. The Bertz CT molecular complexity index is 1790. The van der Waals surface area contributed by atoms with Gasteiger partial charge in [0.2, 0.25) is 0 Å². The van der Waals surface area contributed by atoms with Gasteiger partial charge in [-0.3, -0.25) is 4.40 Å². The molecule has 0 spiro atoms. The first-order valence-corrected chi connectivity index (χ1v) is 10.6. The van der Waals surface area contributed by atoms with E-state index in [1.807, 2.05) is 36.5 Å². The molecule has 0 radical (unpaired) electrons. The molecule has 0 aliphatic carbocycles. The van der Waals surface area contributed by atoms with Gasteiger partial charge in [0.25, 0.3) is 0 Å². The van der Waals surface area contributed by atoms with Gasteiger partial charge in [-0.1, -0.05) is 78.9 Å². The van der Waals surface area contributed by atoms with Gasteiger partial charge in [-0.25, -0.2) is 0 Å². The molecule has 0 amide bonds. The van der Waals surface area contributed by atoms with E-state index in [2.05, 4.69) is 81.3 Å². The van der Waals surface area contributed by atoms with Gasteiger partial charge in [-0.2, -0.15) is 0 Å². The number of pyridine rings is 1. The van der Waals surface area contributed by atoms with Crippen LogP contribution < -0.4 is 0 Å². The van der Waals surface area contributed by atoms with Crippen LogP contribution in [-0.4, -0.2) is 14.6 Å². The normalized spacial score (nSPS) is 11.8. The Morgan fingerprint density at radius 2 is 1.41 bits per heavy atom. The topological polar surface area (TPSA) is 43.3 Å². The van der Waals surface area contributed by atoms with Gasteiger partial charge in [-0.15, -0.1) is 10.2 Å². The first kappa shape index (κ1) is 17.3. The fourth-order valence-corrected chi connectivity index (χ4v) is 4.61. The van der Waals surface area contributed by atoms with E-state index in [9.17, 15) is 0 Å². The molecule has 0 saturated carbocycles. The van der Waals surface area contributed by atoms with Gasteiger partial charge in [0.1, 0.15) is 11.2 Å². The molecule has 0 fully saturated rings. The maximum absolute atomic E-state index is 6.25. The van der Waals surface area contributed by atoms with Crippen molar-refractivity contribution >= 4 is 38.4 Å². The van der Waals surface area contributed by atoms with Crippen LogP contribution in [0.5, 0.6) is 0 Å². The third-order valence-corrected chi connectivity index (χ3v) is 6.14. The van der Waals surface area contributed by atoms with E-state index in [0.717, 1.165) is 60.9 Å². The fourth-order valence-electron chi connectivity index (χ4n) is 4.61. The highest BCUT2D eigenvalue weighted by Gasteiger charge is 2.14. The molecule has 4 heteroatoms. The Balaban J connectivity index is 1.43. The second kappa shape index (κ2) is 6.53. The summed E-state index contributed by atoms with van der Waals surface area (Å²) in [5, 5.41) is 13.5. The van der Waals surface area contributed by atoms with E-state index in [4.69, 9.17) is 4.42 Å². The second-order valence-corrected chi connectivity index (χ2v) is 7.98. The van der Waals surface area contributed by atoms with E-state index < -0.39 is 0 Å². The molecular weight excluding hydrogens is 394 g/mol. The van der Waals surface area contributed by atoms with E-state index >= 15 is 0 Å². The van der Waals surface area contributed by atoms with Crippen LogP contribution >= 0.6 is 0 Å². The lowest BCUT2D eigenvalue weighted by Gasteiger charge is -2.06. The largest absolute Gasteiger partial charge is 0.455 e. The number of aromatic nitrogens is 3. The van der Waals surface area contributed by atoms with Gasteiger partial charge in [0.15, 0.2) is 11.5 Å². The van der Waals surface area contributed by atoms with Crippen molar-refractivity contribution in [3.8, 4) is 22.5 Å². The summed E-state index contributed by atoms with van der Waals surface area (Å²) in [5.74, 6) is 0.824. The van der Waals surface area contributed by atoms with Crippen LogP contribution in [0, 0.1) is 0 Å². The number of hydrogen-bond acceptors (Lipinski definition) is 3. The van der Waals surface area contributed by atoms with Crippen LogP contribution in [0.4, 0.5) is 0 Å². The van der Waals surface area contributed by atoms with Crippen LogP contribution in [0.3, 0.4) is 0 Å². The van der Waals surface area contributed by atoms with Gasteiger partial charge in [-0.05, 0) is 29.1 Å². The van der Waals surface area contributed by atoms with Gasteiger partial charge in [0, 0.05) is 33.5 Å². The summed E-state index contributed by atoms with van der Waals surface area (Å²) >= 11 is 0. The molecular formula is C28H17N3O. The fraction of sp³-hybridized carbons (Fsp3) is 0. The molecule has 0 bridgehead atoms. The van der Waals surface area contributed by atoms with E-state index in [0.29, 0.717) is 0 Å². The van der Waals surface area contributed by atoms with Crippen molar-refractivity contribution in [1.82, 2.24) is 14.6 Å². The number of para-hydroxylation sites is 2. The molecule has 7 rings (SSSR count). The van der Waals surface area contributed by atoms with Crippen molar-refractivity contribution in [3.05, 3.63) is 103 Å². The van der Waals surface area contributed by atoms with E-state index in [1.165, 1.54) is 0 Å². The maximum Gasteiger partial charge on any atom is 0.168 e. The van der Waals surface area contributed by atoms with Crippen LogP contribution in [0.25, 0.3) is 60.9 Å². The summed E-state index contributed by atoms with van der Waals surface area (Å²) in [6.45, 7) is 0. The van der Waals surface area contributed by atoms with Crippen molar-refractivity contribution < 1.29 is 4.42 Å². The second-order valence-electron chi connectivity index (χ2n) is 7.98. The zero-order chi connectivity index (χ0) is 21.1. The Morgan fingerprint density at radius 1 is 0.625 bits per heavy atom. The summed E-state index contributed by atoms with van der Waals surface area (Å²) in [4.78, 5) is 0. The van der Waals surface area contributed by atoms with Gasteiger partial charge >= 0.3 is 0 Å². The molecule has 3 heterocycles. The first-order chi connectivity index (χ1) is 15.9. The molecule has 4 nitrogen and oxygen atoms in total.